The molecule has 2 aromatic heterocycles. The number of sulfone groups is 1. The molecule has 0 aromatic carbocycles. The second kappa shape index (κ2) is 7.14. The number of rotatable bonds is 5. The summed E-state index contributed by atoms with van der Waals surface area (Å²) in [7, 11) is -3.05. The van der Waals surface area contributed by atoms with E-state index in [0.717, 1.165) is 5.69 Å². The maximum atomic E-state index is 12.4. The number of carbonyl (C=O) groups excluding carboxylic acids is 1. The smallest absolute Gasteiger partial charge is 0.270 e. The first-order valence-electron chi connectivity index (χ1n) is 7.92. The Bertz CT molecular complexity index is 871. The van der Waals surface area contributed by atoms with Gasteiger partial charge in [0.2, 0.25) is 5.95 Å². The Balaban J connectivity index is 1.67. The molecular formula is C16H19N5O3S. The lowest BCUT2D eigenvalue weighted by atomic mass is 10.2. The van der Waals surface area contributed by atoms with Gasteiger partial charge in [-0.2, -0.15) is 0 Å². The van der Waals surface area contributed by atoms with Gasteiger partial charge in [0, 0.05) is 17.9 Å². The molecule has 0 saturated carbocycles. The van der Waals surface area contributed by atoms with Crippen molar-refractivity contribution < 1.29 is 13.2 Å². The van der Waals surface area contributed by atoms with Gasteiger partial charge in [0.1, 0.15) is 5.69 Å². The maximum absolute atomic E-state index is 12.4. The Morgan fingerprint density at radius 3 is 2.84 bits per heavy atom. The lowest BCUT2D eigenvalue weighted by Crippen LogP contribution is -2.36. The quantitative estimate of drug-likeness (QED) is 0.806. The first-order chi connectivity index (χ1) is 11.9. The van der Waals surface area contributed by atoms with Gasteiger partial charge in [-0.25, -0.2) is 18.4 Å². The van der Waals surface area contributed by atoms with E-state index < -0.39 is 15.7 Å². The summed E-state index contributed by atoms with van der Waals surface area (Å²) in [6.07, 6.45) is 2.13. The second-order valence-corrected chi connectivity index (χ2v) is 8.19. The molecule has 25 heavy (non-hydrogen) atoms. The van der Waals surface area contributed by atoms with Gasteiger partial charge in [0.25, 0.3) is 5.91 Å². The molecule has 0 aliphatic carbocycles. The van der Waals surface area contributed by atoms with E-state index in [1.165, 1.54) is 0 Å². The number of hydrogen-bond acceptors (Lipinski definition) is 7. The molecule has 9 heteroatoms. The predicted molar refractivity (Wildman–Crippen MR) is 92.9 cm³/mol. The molecule has 2 aromatic rings. The summed E-state index contributed by atoms with van der Waals surface area (Å²) in [4.78, 5) is 25.0. The Morgan fingerprint density at radius 2 is 2.16 bits per heavy atom. The normalized spacial score (nSPS) is 18.7. The Morgan fingerprint density at radius 1 is 1.32 bits per heavy atom. The van der Waals surface area contributed by atoms with E-state index in [2.05, 4.69) is 25.6 Å². The first kappa shape index (κ1) is 17.3. The van der Waals surface area contributed by atoms with E-state index in [-0.39, 0.29) is 23.2 Å². The number of aromatic nitrogens is 3. The zero-order chi connectivity index (χ0) is 17.9. The summed E-state index contributed by atoms with van der Waals surface area (Å²) in [5.74, 6) is 0.0222. The first-order valence-corrected chi connectivity index (χ1v) is 9.74. The van der Waals surface area contributed by atoms with Gasteiger partial charge in [-0.1, -0.05) is 6.07 Å². The minimum Gasteiger partial charge on any atom is -0.349 e. The van der Waals surface area contributed by atoms with E-state index in [1.54, 1.807) is 19.2 Å². The van der Waals surface area contributed by atoms with Crippen LogP contribution in [0, 0.1) is 6.92 Å². The molecule has 1 atom stereocenters. The molecule has 1 aliphatic heterocycles. The minimum absolute atomic E-state index is 0.0202. The van der Waals surface area contributed by atoms with Crippen molar-refractivity contribution in [1.82, 2.24) is 20.3 Å². The van der Waals surface area contributed by atoms with E-state index in [9.17, 15) is 13.2 Å². The topological polar surface area (TPSA) is 114 Å². The maximum Gasteiger partial charge on any atom is 0.270 e. The molecular weight excluding hydrogens is 342 g/mol. The molecule has 1 amide bonds. The van der Waals surface area contributed by atoms with Crippen LogP contribution >= 0.6 is 0 Å². The number of nitrogens with zero attached hydrogens (tertiary/aromatic N) is 3. The standard InChI is InChI=1S/C16H19N5O3S/c1-11-8-14(15(22)20-13-5-7-25(23,24)10-13)21-16(19-11)18-9-12-4-2-3-6-17-12/h2-4,6,8,13H,5,7,9-10H2,1H3,(H,20,22)(H,18,19,21). The lowest BCUT2D eigenvalue weighted by Gasteiger charge is -2.12. The number of pyridine rings is 1. The number of carbonyl (C=O) groups is 1. The second-order valence-electron chi connectivity index (χ2n) is 5.97. The van der Waals surface area contributed by atoms with Crippen LogP contribution in [0.4, 0.5) is 5.95 Å². The van der Waals surface area contributed by atoms with Gasteiger partial charge in [-0.15, -0.1) is 0 Å². The zero-order valence-corrected chi connectivity index (χ0v) is 14.6. The third-order valence-electron chi connectivity index (χ3n) is 3.81. The van der Waals surface area contributed by atoms with Crippen LogP contribution in [0.3, 0.4) is 0 Å². The number of amides is 1. The van der Waals surface area contributed by atoms with Crippen molar-refractivity contribution in [1.29, 1.82) is 0 Å². The Labute approximate surface area is 146 Å². The fourth-order valence-corrected chi connectivity index (χ4v) is 4.28. The number of nitrogens with one attached hydrogen (secondary N) is 2. The summed E-state index contributed by atoms with van der Waals surface area (Å²) >= 11 is 0. The molecule has 0 spiro atoms. The molecule has 8 nitrogen and oxygen atoms in total. The predicted octanol–water partition coefficient (Wildman–Crippen LogP) is 0.709. The van der Waals surface area contributed by atoms with Gasteiger partial charge in [0.05, 0.1) is 23.7 Å². The molecule has 3 heterocycles. The lowest BCUT2D eigenvalue weighted by molar-refractivity contribution is 0.0936. The van der Waals surface area contributed by atoms with Crippen molar-refractivity contribution in [2.24, 2.45) is 0 Å². The van der Waals surface area contributed by atoms with Gasteiger partial charge in [-0.3, -0.25) is 9.78 Å². The summed E-state index contributed by atoms with van der Waals surface area (Å²) in [5, 5.41) is 5.77. The third kappa shape index (κ3) is 4.72. The molecule has 1 aliphatic rings. The van der Waals surface area contributed by atoms with Crippen molar-refractivity contribution in [2.45, 2.75) is 25.9 Å². The molecule has 132 valence electrons. The van der Waals surface area contributed by atoms with Crippen molar-refractivity contribution in [3.63, 3.8) is 0 Å². The van der Waals surface area contributed by atoms with Gasteiger partial charge in [0.15, 0.2) is 9.84 Å². The van der Waals surface area contributed by atoms with Crippen LogP contribution < -0.4 is 10.6 Å². The summed E-state index contributed by atoms with van der Waals surface area (Å²) in [6.45, 7) is 2.21. The summed E-state index contributed by atoms with van der Waals surface area (Å²) in [6, 6.07) is 6.80. The molecule has 1 fully saturated rings. The van der Waals surface area contributed by atoms with E-state index >= 15 is 0 Å². The molecule has 1 saturated heterocycles. The Hall–Kier alpha value is -2.55. The molecule has 0 radical (unpaired) electrons. The van der Waals surface area contributed by atoms with Gasteiger partial charge in [-0.05, 0) is 31.5 Å². The van der Waals surface area contributed by atoms with Gasteiger partial charge >= 0.3 is 0 Å². The van der Waals surface area contributed by atoms with Crippen molar-refractivity contribution >= 4 is 21.7 Å². The van der Waals surface area contributed by atoms with Crippen LogP contribution in [-0.2, 0) is 16.4 Å². The van der Waals surface area contributed by atoms with Crippen LogP contribution in [0.25, 0.3) is 0 Å². The van der Waals surface area contributed by atoms with Crippen molar-refractivity contribution in [3.8, 4) is 0 Å². The van der Waals surface area contributed by atoms with Gasteiger partial charge < -0.3 is 10.6 Å². The third-order valence-corrected chi connectivity index (χ3v) is 5.58. The Kier molecular flexibility index (Phi) is 4.93. The van der Waals surface area contributed by atoms with E-state index in [0.29, 0.717) is 24.6 Å². The largest absolute Gasteiger partial charge is 0.349 e. The highest BCUT2D eigenvalue weighted by molar-refractivity contribution is 7.91. The molecule has 2 N–H and O–H groups in total. The van der Waals surface area contributed by atoms with Crippen LogP contribution in [0.1, 0.15) is 28.3 Å². The SMILES string of the molecule is Cc1cc(C(=O)NC2CCS(=O)(=O)C2)nc(NCc2ccccn2)n1. The highest BCUT2D eigenvalue weighted by Crippen LogP contribution is 2.13. The summed E-state index contributed by atoms with van der Waals surface area (Å²) < 4.78 is 23.0. The van der Waals surface area contributed by atoms with Crippen molar-refractivity contribution in [2.75, 3.05) is 16.8 Å². The van der Waals surface area contributed by atoms with Crippen LogP contribution in [0.15, 0.2) is 30.5 Å². The van der Waals surface area contributed by atoms with Crippen LogP contribution in [0.5, 0.6) is 0 Å². The summed E-state index contributed by atoms with van der Waals surface area (Å²) in [5.41, 5.74) is 1.68. The van der Waals surface area contributed by atoms with Crippen molar-refractivity contribution in [3.05, 3.63) is 47.5 Å². The average molecular weight is 361 g/mol. The number of hydrogen-bond donors (Lipinski definition) is 2. The van der Waals surface area contributed by atoms with E-state index in [4.69, 9.17) is 0 Å². The monoisotopic (exact) mass is 361 g/mol. The van der Waals surface area contributed by atoms with Crippen LogP contribution in [-0.4, -0.2) is 46.8 Å². The number of aryl methyl sites for hydroxylation is 1. The fraction of sp³-hybridized carbons (Fsp3) is 0.375. The molecule has 1 unspecified atom stereocenters. The fourth-order valence-electron chi connectivity index (χ4n) is 2.60. The van der Waals surface area contributed by atoms with Crippen LogP contribution in [0.2, 0.25) is 0 Å². The molecule has 0 bridgehead atoms. The number of anilines is 1. The highest BCUT2D eigenvalue weighted by Gasteiger charge is 2.29. The van der Waals surface area contributed by atoms with E-state index in [1.807, 2.05) is 18.2 Å². The highest BCUT2D eigenvalue weighted by atomic mass is 32.2. The minimum atomic E-state index is -3.05. The molecule has 3 rings (SSSR count). The average Bonchev–Trinajstić information content (AvgIpc) is 2.92. The zero-order valence-electron chi connectivity index (χ0n) is 13.8.